The average molecular weight is 251 g/mol. The molecular formula is C14H25N3O. The van der Waals surface area contributed by atoms with Crippen LogP contribution in [0.3, 0.4) is 0 Å². The molecule has 0 bridgehead atoms. The Morgan fingerprint density at radius 2 is 2.22 bits per heavy atom. The topological polar surface area (TPSA) is 41.3 Å². The fourth-order valence-electron chi connectivity index (χ4n) is 2.47. The number of likely N-dealkylation sites (tertiary alicyclic amines) is 1. The van der Waals surface area contributed by atoms with Gasteiger partial charge in [-0.3, -0.25) is 0 Å². The molecule has 2 heterocycles. The zero-order valence-corrected chi connectivity index (χ0v) is 11.8. The Bertz CT molecular complexity index is 356. The van der Waals surface area contributed by atoms with E-state index in [1.807, 2.05) is 13.3 Å². The SMILES string of the molecule is CNC(C)Cc1coc(CC2CCN(C)CC2)n1. The Balaban J connectivity index is 1.83. The Hall–Kier alpha value is -0.870. The highest BCUT2D eigenvalue weighted by Gasteiger charge is 2.19. The summed E-state index contributed by atoms with van der Waals surface area (Å²) in [6, 6.07) is 0.450. The molecule has 0 radical (unpaired) electrons. The van der Waals surface area contributed by atoms with Crippen LogP contribution in [0.5, 0.6) is 0 Å². The van der Waals surface area contributed by atoms with Crippen molar-refractivity contribution < 1.29 is 4.42 Å². The van der Waals surface area contributed by atoms with Gasteiger partial charge in [0.2, 0.25) is 0 Å². The predicted octanol–water partition coefficient (Wildman–Crippen LogP) is 1.71. The van der Waals surface area contributed by atoms with Gasteiger partial charge in [0, 0.05) is 18.9 Å². The van der Waals surface area contributed by atoms with Gasteiger partial charge < -0.3 is 14.6 Å². The highest BCUT2D eigenvalue weighted by atomic mass is 16.3. The van der Waals surface area contributed by atoms with E-state index in [1.165, 1.54) is 25.9 Å². The predicted molar refractivity (Wildman–Crippen MR) is 72.7 cm³/mol. The molecule has 0 saturated carbocycles. The first-order valence-corrected chi connectivity index (χ1v) is 6.96. The Morgan fingerprint density at radius 1 is 1.50 bits per heavy atom. The lowest BCUT2D eigenvalue weighted by atomic mass is 9.94. The first kappa shape index (κ1) is 13.6. The molecule has 1 unspecified atom stereocenters. The van der Waals surface area contributed by atoms with Crippen molar-refractivity contribution in [2.45, 2.75) is 38.6 Å². The van der Waals surface area contributed by atoms with E-state index >= 15 is 0 Å². The van der Waals surface area contributed by atoms with Gasteiger partial charge in [0.1, 0.15) is 6.26 Å². The molecule has 1 aliphatic heterocycles. The molecular weight excluding hydrogens is 226 g/mol. The lowest BCUT2D eigenvalue weighted by molar-refractivity contribution is 0.212. The molecule has 1 fully saturated rings. The number of hydrogen-bond acceptors (Lipinski definition) is 4. The minimum Gasteiger partial charge on any atom is -0.449 e. The van der Waals surface area contributed by atoms with E-state index in [0.29, 0.717) is 6.04 Å². The van der Waals surface area contributed by atoms with E-state index in [-0.39, 0.29) is 0 Å². The van der Waals surface area contributed by atoms with Gasteiger partial charge in [0.05, 0.1) is 5.69 Å². The normalized spacial score (nSPS) is 20.2. The van der Waals surface area contributed by atoms with Gasteiger partial charge in [-0.05, 0) is 52.9 Å². The fraction of sp³-hybridized carbons (Fsp3) is 0.786. The second-order valence-electron chi connectivity index (χ2n) is 5.58. The minimum atomic E-state index is 0.450. The minimum absolute atomic E-state index is 0.450. The summed E-state index contributed by atoms with van der Waals surface area (Å²) >= 11 is 0. The van der Waals surface area contributed by atoms with Crippen LogP contribution in [-0.4, -0.2) is 43.1 Å². The molecule has 102 valence electrons. The zero-order chi connectivity index (χ0) is 13.0. The zero-order valence-electron chi connectivity index (χ0n) is 11.8. The van der Waals surface area contributed by atoms with E-state index in [0.717, 1.165) is 30.3 Å². The largest absolute Gasteiger partial charge is 0.449 e. The Labute approximate surface area is 110 Å². The van der Waals surface area contributed by atoms with Gasteiger partial charge in [-0.25, -0.2) is 4.98 Å². The molecule has 18 heavy (non-hydrogen) atoms. The summed E-state index contributed by atoms with van der Waals surface area (Å²) in [4.78, 5) is 6.99. The molecule has 0 amide bonds. The number of likely N-dealkylation sites (N-methyl/N-ethyl adjacent to an activating group) is 1. The van der Waals surface area contributed by atoms with Crippen molar-refractivity contribution in [3.63, 3.8) is 0 Å². The fourth-order valence-corrected chi connectivity index (χ4v) is 2.47. The van der Waals surface area contributed by atoms with Crippen LogP contribution in [0, 0.1) is 5.92 Å². The molecule has 1 saturated heterocycles. The lowest BCUT2D eigenvalue weighted by Gasteiger charge is -2.28. The van der Waals surface area contributed by atoms with Crippen LogP contribution in [0.25, 0.3) is 0 Å². The van der Waals surface area contributed by atoms with Gasteiger partial charge in [0.15, 0.2) is 5.89 Å². The van der Waals surface area contributed by atoms with Gasteiger partial charge in [-0.1, -0.05) is 0 Å². The molecule has 4 heteroatoms. The Kier molecular flexibility index (Phi) is 4.78. The molecule has 4 nitrogen and oxygen atoms in total. The van der Waals surface area contributed by atoms with Gasteiger partial charge in [-0.15, -0.1) is 0 Å². The number of oxazole rings is 1. The number of piperidine rings is 1. The summed E-state index contributed by atoms with van der Waals surface area (Å²) in [5.41, 5.74) is 1.07. The second-order valence-corrected chi connectivity index (χ2v) is 5.58. The first-order valence-electron chi connectivity index (χ1n) is 6.96. The molecule has 1 atom stereocenters. The first-order chi connectivity index (χ1) is 8.67. The van der Waals surface area contributed by atoms with Crippen molar-refractivity contribution in [2.24, 2.45) is 5.92 Å². The Morgan fingerprint density at radius 3 is 2.89 bits per heavy atom. The third-order valence-electron chi connectivity index (χ3n) is 3.91. The summed E-state index contributed by atoms with van der Waals surface area (Å²) in [6.07, 6.45) is 6.29. The van der Waals surface area contributed by atoms with Crippen molar-refractivity contribution in [1.29, 1.82) is 0 Å². The van der Waals surface area contributed by atoms with E-state index in [1.54, 1.807) is 0 Å². The van der Waals surface area contributed by atoms with Crippen molar-refractivity contribution in [1.82, 2.24) is 15.2 Å². The monoisotopic (exact) mass is 251 g/mol. The third kappa shape index (κ3) is 3.82. The van der Waals surface area contributed by atoms with E-state index < -0.39 is 0 Å². The number of rotatable bonds is 5. The van der Waals surface area contributed by atoms with Crippen LogP contribution in [0.15, 0.2) is 10.7 Å². The lowest BCUT2D eigenvalue weighted by Crippen LogP contribution is -2.31. The second kappa shape index (κ2) is 6.34. The summed E-state index contributed by atoms with van der Waals surface area (Å²) in [7, 11) is 4.17. The van der Waals surface area contributed by atoms with E-state index in [2.05, 4.69) is 29.2 Å². The van der Waals surface area contributed by atoms with Gasteiger partial charge in [0.25, 0.3) is 0 Å². The van der Waals surface area contributed by atoms with Gasteiger partial charge >= 0.3 is 0 Å². The molecule has 1 aromatic heterocycles. The van der Waals surface area contributed by atoms with Crippen molar-refractivity contribution >= 4 is 0 Å². The number of nitrogens with one attached hydrogen (secondary N) is 1. The summed E-state index contributed by atoms with van der Waals surface area (Å²) < 4.78 is 5.59. The molecule has 1 aromatic rings. The molecule has 1 aliphatic rings. The highest BCUT2D eigenvalue weighted by molar-refractivity contribution is 4.99. The van der Waals surface area contributed by atoms with Crippen LogP contribution >= 0.6 is 0 Å². The van der Waals surface area contributed by atoms with E-state index in [4.69, 9.17) is 4.42 Å². The van der Waals surface area contributed by atoms with Crippen molar-refractivity contribution in [2.75, 3.05) is 27.2 Å². The smallest absolute Gasteiger partial charge is 0.194 e. The summed E-state index contributed by atoms with van der Waals surface area (Å²) in [6.45, 7) is 4.56. The van der Waals surface area contributed by atoms with Gasteiger partial charge in [-0.2, -0.15) is 0 Å². The van der Waals surface area contributed by atoms with Crippen molar-refractivity contribution in [3.05, 3.63) is 17.8 Å². The maximum Gasteiger partial charge on any atom is 0.194 e. The van der Waals surface area contributed by atoms with E-state index in [9.17, 15) is 0 Å². The third-order valence-corrected chi connectivity index (χ3v) is 3.91. The van der Waals surface area contributed by atoms with Crippen LogP contribution in [0.2, 0.25) is 0 Å². The average Bonchev–Trinajstić information content (AvgIpc) is 2.79. The molecule has 1 N–H and O–H groups in total. The standard InChI is InChI=1S/C14H25N3O/c1-11(15-2)8-13-10-18-14(16-13)9-12-4-6-17(3)7-5-12/h10-12,15H,4-9H2,1-3H3. The number of aromatic nitrogens is 1. The van der Waals surface area contributed by atoms with Crippen LogP contribution < -0.4 is 5.32 Å². The number of nitrogens with zero attached hydrogens (tertiary/aromatic N) is 2. The van der Waals surface area contributed by atoms with Crippen LogP contribution in [-0.2, 0) is 12.8 Å². The van der Waals surface area contributed by atoms with Crippen LogP contribution in [0.1, 0.15) is 31.4 Å². The maximum absolute atomic E-state index is 5.59. The highest BCUT2D eigenvalue weighted by Crippen LogP contribution is 2.20. The number of hydrogen-bond donors (Lipinski definition) is 1. The molecule has 2 rings (SSSR count). The quantitative estimate of drug-likeness (QED) is 0.865. The van der Waals surface area contributed by atoms with Crippen LogP contribution in [0.4, 0.5) is 0 Å². The molecule has 0 aliphatic carbocycles. The summed E-state index contributed by atoms with van der Waals surface area (Å²) in [5, 5.41) is 3.22. The maximum atomic E-state index is 5.59. The molecule has 0 aromatic carbocycles. The molecule has 0 spiro atoms. The summed E-state index contributed by atoms with van der Waals surface area (Å²) in [5.74, 6) is 1.66. The van der Waals surface area contributed by atoms with Crippen molar-refractivity contribution in [3.8, 4) is 0 Å².